The first-order valence-corrected chi connectivity index (χ1v) is 6.31. The Morgan fingerprint density at radius 2 is 1.75 bits per heavy atom. The van der Waals surface area contributed by atoms with Gasteiger partial charge in [-0.25, -0.2) is 4.98 Å². The van der Waals surface area contributed by atoms with Crippen LogP contribution in [0, 0.1) is 6.92 Å². The van der Waals surface area contributed by atoms with Crippen LogP contribution in [0.2, 0.25) is 0 Å². The third-order valence-corrected chi connectivity index (χ3v) is 3.16. The lowest BCUT2D eigenvalue weighted by Gasteiger charge is -2.05. The lowest BCUT2D eigenvalue weighted by atomic mass is 10.1. The van der Waals surface area contributed by atoms with Crippen LogP contribution < -0.4 is 9.47 Å². The first kappa shape index (κ1) is 12.5. The maximum atomic E-state index is 5.80. The molecule has 1 heterocycles. The predicted molar refractivity (Wildman–Crippen MR) is 77.3 cm³/mol. The van der Waals surface area contributed by atoms with E-state index in [0.29, 0.717) is 23.0 Å². The number of aromatic nitrogens is 1. The molecule has 0 aliphatic carbocycles. The third-order valence-electron chi connectivity index (χ3n) is 3.16. The first-order chi connectivity index (χ1) is 9.71. The van der Waals surface area contributed by atoms with Gasteiger partial charge in [0.05, 0.1) is 14.2 Å². The lowest BCUT2D eigenvalue weighted by molar-refractivity contribution is 0.355. The monoisotopic (exact) mass is 269 g/mol. The van der Waals surface area contributed by atoms with Gasteiger partial charge in [-0.1, -0.05) is 17.7 Å². The third kappa shape index (κ3) is 2.09. The summed E-state index contributed by atoms with van der Waals surface area (Å²) < 4.78 is 16.3. The number of ether oxygens (including phenoxy) is 2. The fourth-order valence-electron chi connectivity index (χ4n) is 2.16. The molecule has 0 unspecified atom stereocenters. The molecular weight excluding hydrogens is 254 g/mol. The van der Waals surface area contributed by atoms with Gasteiger partial charge in [0.2, 0.25) is 5.89 Å². The minimum Gasteiger partial charge on any atom is -0.493 e. The summed E-state index contributed by atoms with van der Waals surface area (Å²) in [5.41, 5.74) is 3.55. The number of nitrogens with zero attached hydrogens (tertiary/aromatic N) is 1. The van der Waals surface area contributed by atoms with Crippen molar-refractivity contribution in [3.63, 3.8) is 0 Å². The van der Waals surface area contributed by atoms with Crippen LogP contribution in [0.3, 0.4) is 0 Å². The van der Waals surface area contributed by atoms with Crippen LogP contribution in [-0.2, 0) is 0 Å². The standard InChI is InChI=1S/C16H15NO3/c1-10-5-4-6-11(7-10)16-17-12-8-14(18-2)15(19-3)9-13(12)20-16/h4-9H,1-3H3. The normalized spacial score (nSPS) is 10.8. The number of fused-ring (bicyclic) bond motifs is 1. The topological polar surface area (TPSA) is 44.5 Å². The molecule has 3 rings (SSSR count). The molecule has 0 fully saturated rings. The van der Waals surface area contributed by atoms with Gasteiger partial charge in [-0.3, -0.25) is 0 Å². The van der Waals surface area contributed by atoms with E-state index in [0.717, 1.165) is 11.1 Å². The van der Waals surface area contributed by atoms with Crippen molar-refractivity contribution in [2.45, 2.75) is 6.92 Å². The molecule has 0 radical (unpaired) electrons. The van der Waals surface area contributed by atoms with Crippen molar-refractivity contribution in [3.05, 3.63) is 42.0 Å². The van der Waals surface area contributed by atoms with E-state index in [1.807, 2.05) is 37.3 Å². The quantitative estimate of drug-likeness (QED) is 0.725. The summed E-state index contributed by atoms with van der Waals surface area (Å²) in [5.74, 6) is 1.87. The van der Waals surface area contributed by atoms with Gasteiger partial charge < -0.3 is 13.9 Å². The Labute approximate surface area is 117 Å². The Hall–Kier alpha value is -2.49. The average molecular weight is 269 g/mol. The van der Waals surface area contributed by atoms with Gasteiger partial charge in [-0.2, -0.15) is 0 Å². The number of aryl methyl sites for hydroxylation is 1. The highest BCUT2D eigenvalue weighted by atomic mass is 16.5. The molecule has 0 spiro atoms. The number of hydrogen-bond acceptors (Lipinski definition) is 4. The second kappa shape index (κ2) is 4.89. The summed E-state index contributed by atoms with van der Waals surface area (Å²) in [4.78, 5) is 4.51. The smallest absolute Gasteiger partial charge is 0.227 e. The van der Waals surface area contributed by atoms with Crippen LogP contribution in [0.4, 0.5) is 0 Å². The van der Waals surface area contributed by atoms with E-state index in [4.69, 9.17) is 13.9 Å². The average Bonchev–Trinajstić information content (AvgIpc) is 2.88. The van der Waals surface area contributed by atoms with E-state index in [-0.39, 0.29) is 0 Å². The lowest BCUT2D eigenvalue weighted by Crippen LogP contribution is -1.89. The molecule has 0 amide bonds. The number of rotatable bonds is 3. The summed E-state index contributed by atoms with van der Waals surface area (Å²) in [5, 5.41) is 0. The predicted octanol–water partition coefficient (Wildman–Crippen LogP) is 3.82. The Morgan fingerprint density at radius 1 is 1.00 bits per heavy atom. The zero-order chi connectivity index (χ0) is 14.1. The van der Waals surface area contributed by atoms with Crippen molar-refractivity contribution in [1.82, 2.24) is 4.98 Å². The van der Waals surface area contributed by atoms with Gasteiger partial charge in [0.15, 0.2) is 17.1 Å². The molecule has 4 nitrogen and oxygen atoms in total. The first-order valence-electron chi connectivity index (χ1n) is 6.31. The highest BCUT2D eigenvalue weighted by Gasteiger charge is 2.13. The second-order valence-corrected chi connectivity index (χ2v) is 4.56. The molecule has 1 aromatic heterocycles. The summed E-state index contributed by atoms with van der Waals surface area (Å²) >= 11 is 0. The largest absolute Gasteiger partial charge is 0.493 e. The van der Waals surface area contributed by atoms with Gasteiger partial charge in [0.1, 0.15) is 5.52 Å². The van der Waals surface area contributed by atoms with E-state index >= 15 is 0 Å². The number of hydrogen-bond donors (Lipinski definition) is 0. The van der Waals surface area contributed by atoms with Crippen LogP contribution in [0.1, 0.15) is 5.56 Å². The summed E-state index contributed by atoms with van der Waals surface area (Å²) in [6.07, 6.45) is 0. The van der Waals surface area contributed by atoms with E-state index in [9.17, 15) is 0 Å². The van der Waals surface area contributed by atoms with Crippen molar-refractivity contribution >= 4 is 11.1 Å². The van der Waals surface area contributed by atoms with E-state index < -0.39 is 0 Å². The molecule has 0 saturated carbocycles. The molecular formula is C16H15NO3. The number of oxazole rings is 1. The van der Waals surface area contributed by atoms with Gasteiger partial charge in [-0.15, -0.1) is 0 Å². The Balaban J connectivity index is 2.15. The van der Waals surface area contributed by atoms with Crippen LogP contribution in [-0.4, -0.2) is 19.2 Å². The zero-order valence-electron chi connectivity index (χ0n) is 11.6. The van der Waals surface area contributed by atoms with Crippen molar-refractivity contribution < 1.29 is 13.9 Å². The highest BCUT2D eigenvalue weighted by molar-refractivity contribution is 5.80. The SMILES string of the molecule is COc1cc2nc(-c3cccc(C)c3)oc2cc1OC. The van der Waals surface area contributed by atoms with Crippen molar-refractivity contribution in [2.24, 2.45) is 0 Å². The van der Waals surface area contributed by atoms with E-state index in [2.05, 4.69) is 4.98 Å². The molecule has 3 aromatic rings. The summed E-state index contributed by atoms with van der Waals surface area (Å²) in [6, 6.07) is 11.7. The zero-order valence-corrected chi connectivity index (χ0v) is 11.6. The molecule has 2 aromatic carbocycles. The highest BCUT2D eigenvalue weighted by Crippen LogP contribution is 2.34. The fourth-order valence-corrected chi connectivity index (χ4v) is 2.16. The molecule has 20 heavy (non-hydrogen) atoms. The van der Waals surface area contributed by atoms with E-state index in [1.165, 1.54) is 5.56 Å². The molecule has 0 saturated heterocycles. The summed E-state index contributed by atoms with van der Waals surface area (Å²) in [6.45, 7) is 2.04. The molecule has 0 aliphatic rings. The van der Waals surface area contributed by atoms with Crippen molar-refractivity contribution in [1.29, 1.82) is 0 Å². The molecule has 4 heteroatoms. The van der Waals surface area contributed by atoms with Crippen molar-refractivity contribution in [3.8, 4) is 23.0 Å². The Kier molecular flexibility index (Phi) is 3.06. The molecule has 0 N–H and O–H groups in total. The molecule has 102 valence electrons. The summed E-state index contributed by atoms with van der Waals surface area (Å²) in [7, 11) is 3.20. The maximum absolute atomic E-state index is 5.80. The second-order valence-electron chi connectivity index (χ2n) is 4.56. The van der Waals surface area contributed by atoms with Crippen LogP contribution in [0.5, 0.6) is 11.5 Å². The van der Waals surface area contributed by atoms with Gasteiger partial charge in [0.25, 0.3) is 0 Å². The minimum atomic E-state index is 0.596. The van der Waals surface area contributed by atoms with Gasteiger partial charge in [0, 0.05) is 17.7 Å². The van der Waals surface area contributed by atoms with Crippen LogP contribution in [0.15, 0.2) is 40.8 Å². The van der Waals surface area contributed by atoms with Gasteiger partial charge >= 0.3 is 0 Å². The maximum Gasteiger partial charge on any atom is 0.227 e. The molecule has 0 atom stereocenters. The van der Waals surface area contributed by atoms with Gasteiger partial charge in [-0.05, 0) is 19.1 Å². The van der Waals surface area contributed by atoms with Crippen LogP contribution >= 0.6 is 0 Å². The fraction of sp³-hybridized carbons (Fsp3) is 0.188. The molecule has 0 aliphatic heterocycles. The Bertz CT molecular complexity index is 721. The van der Waals surface area contributed by atoms with Crippen LogP contribution in [0.25, 0.3) is 22.6 Å². The number of methoxy groups -OCH3 is 2. The molecule has 0 bridgehead atoms. The Morgan fingerprint density at radius 3 is 2.45 bits per heavy atom. The van der Waals surface area contributed by atoms with Crippen molar-refractivity contribution in [2.75, 3.05) is 14.2 Å². The number of benzene rings is 2. The van der Waals surface area contributed by atoms with E-state index in [1.54, 1.807) is 20.3 Å². The minimum absolute atomic E-state index is 0.596.